The molecule has 0 unspecified atom stereocenters. The number of imide groups is 1. The van der Waals surface area contributed by atoms with Crippen LogP contribution in [-0.4, -0.2) is 30.1 Å². The molecule has 0 atom stereocenters. The van der Waals surface area contributed by atoms with Crippen molar-refractivity contribution in [1.82, 2.24) is 0 Å². The second-order valence-electron chi connectivity index (χ2n) is 2.04. The molecule has 0 rings (SSSR count). The number of carbonyl (C=O) groups excluding carboxylic acids is 2. The Balaban J connectivity index is 4.03. The van der Waals surface area contributed by atoms with Crippen LogP contribution < -0.4 is 0 Å². The maximum absolute atomic E-state index is 10.8. The third-order valence-corrected chi connectivity index (χ3v) is 0.995. The van der Waals surface area contributed by atoms with Gasteiger partial charge in [0.2, 0.25) is 0 Å². The molecule has 0 aliphatic carbocycles. The van der Waals surface area contributed by atoms with E-state index in [2.05, 4.69) is 22.6 Å². The van der Waals surface area contributed by atoms with E-state index in [9.17, 15) is 9.59 Å². The van der Waals surface area contributed by atoms with Gasteiger partial charge in [0, 0.05) is 0 Å². The fourth-order valence-electron chi connectivity index (χ4n) is 0.457. The molecule has 76 valence electrons. The van der Waals surface area contributed by atoms with Crippen molar-refractivity contribution >= 4 is 12.2 Å². The molecule has 0 radical (unpaired) electrons. The number of nitrogens with zero attached hydrogens (tertiary/aromatic N) is 2. The summed E-state index contributed by atoms with van der Waals surface area (Å²) in [7, 11) is 0. The highest BCUT2D eigenvalue weighted by Gasteiger charge is 2.23. The van der Waals surface area contributed by atoms with Gasteiger partial charge in [-0.2, -0.15) is 9.59 Å². The molecule has 0 spiro atoms. The van der Waals surface area contributed by atoms with E-state index in [0.717, 1.165) is 0 Å². The molecule has 0 aliphatic heterocycles. The Hall–Kier alpha value is -1.98. The van der Waals surface area contributed by atoms with Gasteiger partial charge in [0.15, 0.2) is 0 Å². The third kappa shape index (κ3) is 4.15. The molecule has 0 N–H and O–H groups in total. The van der Waals surface area contributed by atoms with Crippen molar-refractivity contribution in [3.8, 4) is 0 Å². The van der Waals surface area contributed by atoms with Gasteiger partial charge in [0.05, 0.1) is 0 Å². The van der Waals surface area contributed by atoms with Gasteiger partial charge >= 0.3 is 12.2 Å². The average molecular weight is 198 g/mol. The highest BCUT2D eigenvalue weighted by atomic mass is 16.6. The van der Waals surface area contributed by atoms with Gasteiger partial charge < -0.3 is 15.0 Å². The molecule has 14 heavy (non-hydrogen) atoms. The topological polar surface area (TPSA) is 77.9 Å². The first-order chi connectivity index (χ1) is 6.63. The third-order valence-electron chi connectivity index (χ3n) is 0.995. The first kappa shape index (κ1) is 12.0. The van der Waals surface area contributed by atoms with Crippen molar-refractivity contribution < 1.29 is 23.8 Å². The molecule has 6 heteroatoms. The molecule has 0 saturated heterocycles. The van der Waals surface area contributed by atoms with Gasteiger partial charge in [-0.3, -0.25) is 0 Å². The molecule has 0 aromatic carbocycles. The monoisotopic (exact) mass is 198 g/mol. The van der Waals surface area contributed by atoms with Crippen LogP contribution in [0.4, 0.5) is 9.59 Å². The second-order valence-corrected chi connectivity index (χ2v) is 2.04. The van der Waals surface area contributed by atoms with E-state index < -0.39 is 12.2 Å². The molecule has 6 nitrogen and oxygen atoms in total. The summed E-state index contributed by atoms with van der Waals surface area (Å²) >= 11 is 0. The zero-order valence-corrected chi connectivity index (χ0v) is 7.51. The van der Waals surface area contributed by atoms with Crippen LogP contribution >= 0.6 is 0 Å². The minimum Gasteiger partial charge on any atom is -0.481 e. The minimum absolute atomic E-state index is 0.107. The fraction of sp³-hybridized carbons (Fsp3) is 0.250. The molecule has 0 aromatic heterocycles. The summed E-state index contributed by atoms with van der Waals surface area (Å²) in [6.07, 6.45) is 0.139. The SMILES string of the molecule is C=CCOC(=O)[N+](=[N-])C(=O)OCC=C. The van der Waals surface area contributed by atoms with E-state index in [1.165, 1.54) is 12.2 Å². The number of hydrogen-bond acceptors (Lipinski definition) is 4. The van der Waals surface area contributed by atoms with Crippen molar-refractivity contribution in [1.29, 1.82) is 0 Å². The Morgan fingerprint density at radius 2 is 1.50 bits per heavy atom. The lowest BCUT2D eigenvalue weighted by Gasteiger charge is -2.00. The molecule has 0 aliphatic rings. The Labute approximate surface area is 80.9 Å². The van der Waals surface area contributed by atoms with Crippen LogP contribution in [0.25, 0.3) is 5.53 Å². The van der Waals surface area contributed by atoms with Gasteiger partial charge in [0.1, 0.15) is 13.2 Å². The predicted octanol–water partition coefficient (Wildman–Crippen LogP) is 1.67. The van der Waals surface area contributed by atoms with E-state index in [1.54, 1.807) is 0 Å². The first-order valence-electron chi connectivity index (χ1n) is 3.67. The van der Waals surface area contributed by atoms with Crippen LogP contribution in [0.1, 0.15) is 0 Å². The average Bonchev–Trinajstić information content (AvgIpc) is 2.21. The van der Waals surface area contributed by atoms with Gasteiger partial charge in [0.25, 0.3) is 0 Å². The van der Waals surface area contributed by atoms with Crippen LogP contribution in [-0.2, 0) is 9.47 Å². The second kappa shape index (κ2) is 6.53. The van der Waals surface area contributed by atoms with Crippen molar-refractivity contribution in [2.75, 3.05) is 13.2 Å². The van der Waals surface area contributed by atoms with E-state index in [-0.39, 0.29) is 17.9 Å². The van der Waals surface area contributed by atoms with E-state index in [0.29, 0.717) is 0 Å². The Morgan fingerprint density at radius 3 is 1.79 bits per heavy atom. The number of carbonyl (C=O) groups is 2. The molecule has 0 bridgehead atoms. The molecule has 0 heterocycles. The minimum atomic E-state index is -1.22. The van der Waals surface area contributed by atoms with E-state index in [1.807, 2.05) is 0 Å². The van der Waals surface area contributed by atoms with E-state index >= 15 is 0 Å². The molecule has 0 fully saturated rings. The number of hydrogen-bond donors (Lipinski definition) is 0. The van der Waals surface area contributed by atoms with Crippen LogP contribution in [0, 0.1) is 0 Å². The first-order valence-corrected chi connectivity index (χ1v) is 3.67. The Bertz CT molecular complexity index is 247. The summed E-state index contributed by atoms with van der Waals surface area (Å²) in [5.74, 6) is 0. The summed E-state index contributed by atoms with van der Waals surface area (Å²) in [6.45, 7) is 6.35. The van der Waals surface area contributed by atoms with Crippen molar-refractivity contribution in [2.24, 2.45) is 0 Å². The van der Waals surface area contributed by atoms with Crippen LogP contribution in [0.3, 0.4) is 0 Å². The quantitative estimate of drug-likeness (QED) is 0.391. The van der Waals surface area contributed by atoms with Crippen molar-refractivity contribution in [3.63, 3.8) is 0 Å². The van der Waals surface area contributed by atoms with Gasteiger partial charge in [-0.1, -0.05) is 25.3 Å². The normalized spacial score (nSPS) is 8.57. The van der Waals surface area contributed by atoms with Crippen molar-refractivity contribution in [2.45, 2.75) is 0 Å². The zero-order chi connectivity index (χ0) is 11.0. The number of ether oxygens (including phenoxy) is 2. The summed E-state index contributed by atoms with van der Waals surface area (Å²) in [5.41, 5.74) is 8.86. The highest BCUT2D eigenvalue weighted by Crippen LogP contribution is 1.91. The van der Waals surface area contributed by atoms with Gasteiger partial charge in [-0.15, -0.1) is 4.70 Å². The summed E-state index contributed by atoms with van der Waals surface area (Å²) in [5, 5.41) is 0. The molecule has 0 aromatic rings. The lowest BCUT2D eigenvalue weighted by atomic mass is 10.7. The van der Waals surface area contributed by atoms with E-state index in [4.69, 9.17) is 5.53 Å². The fourth-order valence-corrected chi connectivity index (χ4v) is 0.457. The van der Waals surface area contributed by atoms with Crippen LogP contribution in [0.5, 0.6) is 0 Å². The number of rotatable bonds is 4. The summed E-state index contributed by atoms with van der Waals surface area (Å²) < 4.78 is 8.42. The smallest absolute Gasteiger partial charge is 0.481 e. The predicted molar refractivity (Wildman–Crippen MR) is 46.7 cm³/mol. The molecular formula is C8H10N2O4. The zero-order valence-electron chi connectivity index (χ0n) is 7.51. The van der Waals surface area contributed by atoms with Gasteiger partial charge in [-0.25, -0.2) is 0 Å². The Morgan fingerprint density at radius 1 is 1.14 bits per heavy atom. The molecule has 2 amide bonds. The Kier molecular flexibility index (Phi) is 5.60. The van der Waals surface area contributed by atoms with Crippen molar-refractivity contribution in [3.05, 3.63) is 30.8 Å². The van der Waals surface area contributed by atoms with Gasteiger partial charge in [-0.05, 0) is 0 Å². The maximum Gasteiger partial charge on any atom is 0.597 e. The summed E-state index contributed by atoms with van der Waals surface area (Å²) in [6, 6.07) is 0. The standard InChI is InChI=1S/C8H10N2O4/c1-3-5-13-7(11)10(9)8(12)14-6-4-2/h3-4H,1-2,5-6H2. The van der Waals surface area contributed by atoms with Crippen LogP contribution in [0.2, 0.25) is 0 Å². The largest absolute Gasteiger partial charge is 0.597 e. The number of amides is 2. The van der Waals surface area contributed by atoms with Crippen LogP contribution in [0.15, 0.2) is 25.3 Å². The highest BCUT2D eigenvalue weighted by molar-refractivity contribution is 5.72. The lowest BCUT2D eigenvalue weighted by Crippen LogP contribution is -2.26. The lowest BCUT2D eigenvalue weighted by molar-refractivity contribution is -0.389. The molecule has 0 saturated carbocycles. The maximum atomic E-state index is 10.8. The summed E-state index contributed by atoms with van der Waals surface area (Å²) in [4.78, 5) is 21.6. The molecular weight excluding hydrogens is 188 g/mol.